The number of likely N-dealkylation sites (N-methyl/N-ethyl adjacent to an activating group) is 1. The Bertz CT molecular complexity index is 440. The van der Waals surface area contributed by atoms with Crippen molar-refractivity contribution >= 4 is 9.84 Å². The van der Waals surface area contributed by atoms with E-state index in [-0.39, 0.29) is 11.7 Å². The minimum Gasteiger partial charge on any atom is -0.319 e. The lowest BCUT2D eigenvalue weighted by atomic mass is 10.0. The first kappa shape index (κ1) is 13.2. The highest BCUT2D eigenvalue weighted by molar-refractivity contribution is 7.91. The first-order chi connectivity index (χ1) is 7.53. The van der Waals surface area contributed by atoms with Crippen LogP contribution in [0.5, 0.6) is 0 Å². The number of hydrogen-bond acceptors (Lipinski definition) is 3. The molecule has 0 radical (unpaired) electrons. The molecule has 3 nitrogen and oxygen atoms in total. The van der Waals surface area contributed by atoms with Crippen LogP contribution in [0.1, 0.15) is 25.3 Å². The van der Waals surface area contributed by atoms with Gasteiger partial charge in [0, 0.05) is 6.54 Å². The quantitative estimate of drug-likeness (QED) is 0.855. The van der Waals surface area contributed by atoms with E-state index in [0.29, 0.717) is 4.90 Å². The molecule has 0 aliphatic carbocycles. The lowest BCUT2D eigenvalue weighted by Gasteiger charge is -2.15. The van der Waals surface area contributed by atoms with Crippen LogP contribution < -0.4 is 5.32 Å². The van der Waals surface area contributed by atoms with Crippen molar-refractivity contribution in [1.29, 1.82) is 0 Å². The summed E-state index contributed by atoms with van der Waals surface area (Å²) >= 11 is 0. The van der Waals surface area contributed by atoms with Crippen molar-refractivity contribution in [3.63, 3.8) is 0 Å². The van der Waals surface area contributed by atoms with E-state index in [1.54, 1.807) is 19.1 Å². The highest BCUT2D eigenvalue weighted by Gasteiger charge is 2.18. The topological polar surface area (TPSA) is 46.2 Å². The van der Waals surface area contributed by atoms with Gasteiger partial charge in [0.2, 0.25) is 0 Å². The second-order valence-corrected chi connectivity index (χ2v) is 6.15. The summed E-state index contributed by atoms with van der Waals surface area (Å²) in [5.41, 5.74) is 0.902. The van der Waals surface area contributed by atoms with Crippen molar-refractivity contribution in [1.82, 2.24) is 5.32 Å². The van der Waals surface area contributed by atoms with E-state index in [0.717, 1.165) is 12.1 Å². The molecule has 1 atom stereocenters. The van der Waals surface area contributed by atoms with Gasteiger partial charge in [-0.15, -0.1) is 0 Å². The standard InChI is InChI=1S/C12H19NO2S/c1-4-16(14,15)12-8-6-5-7-11(12)10(2)9-13-3/h5-8,10,13H,4,9H2,1-3H3. The summed E-state index contributed by atoms with van der Waals surface area (Å²) in [6.07, 6.45) is 0. The Morgan fingerprint density at radius 2 is 1.94 bits per heavy atom. The molecule has 0 spiro atoms. The Hall–Kier alpha value is -0.870. The Balaban J connectivity index is 3.20. The Morgan fingerprint density at radius 3 is 2.50 bits per heavy atom. The monoisotopic (exact) mass is 241 g/mol. The van der Waals surface area contributed by atoms with Crippen molar-refractivity contribution in [2.24, 2.45) is 0 Å². The molecule has 1 rings (SSSR count). The van der Waals surface area contributed by atoms with Gasteiger partial charge in [0.1, 0.15) is 0 Å². The fraction of sp³-hybridized carbons (Fsp3) is 0.500. The average Bonchev–Trinajstić information content (AvgIpc) is 2.29. The highest BCUT2D eigenvalue weighted by Crippen LogP contribution is 2.24. The zero-order valence-corrected chi connectivity index (χ0v) is 10.8. The zero-order valence-electron chi connectivity index (χ0n) is 10.0. The van der Waals surface area contributed by atoms with E-state index in [9.17, 15) is 8.42 Å². The average molecular weight is 241 g/mol. The predicted molar refractivity (Wildman–Crippen MR) is 66.5 cm³/mol. The van der Waals surface area contributed by atoms with Crippen molar-refractivity contribution in [2.45, 2.75) is 24.7 Å². The molecule has 1 unspecified atom stereocenters. The molecule has 1 aromatic rings. The van der Waals surface area contributed by atoms with Crippen molar-refractivity contribution < 1.29 is 8.42 Å². The number of nitrogens with one attached hydrogen (secondary N) is 1. The third-order valence-electron chi connectivity index (χ3n) is 2.68. The van der Waals surface area contributed by atoms with Gasteiger partial charge in [-0.1, -0.05) is 32.0 Å². The van der Waals surface area contributed by atoms with Gasteiger partial charge in [-0.2, -0.15) is 0 Å². The van der Waals surface area contributed by atoms with E-state index in [1.165, 1.54) is 0 Å². The maximum atomic E-state index is 11.9. The third-order valence-corrected chi connectivity index (χ3v) is 4.48. The van der Waals surface area contributed by atoms with Crippen LogP contribution >= 0.6 is 0 Å². The molecule has 0 aliphatic heterocycles. The maximum absolute atomic E-state index is 11.9. The van der Waals surface area contributed by atoms with Crippen molar-refractivity contribution in [3.8, 4) is 0 Å². The Morgan fingerprint density at radius 1 is 1.31 bits per heavy atom. The Labute approximate surface area is 97.8 Å². The molecule has 0 saturated heterocycles. The maximum Gasteiger partial charge on any atom is 0.178 e. The van der Waals surface area contributed by atoms with Crippen LogP contribution in [0.15, 0.2) is 29.2 Å². The fourth-order valence-corrected chi connectivity index (χ4v) is 2.97. The molecule has 0 bridgehead atoms. The molecule has 0 fully saturated rings. The summed E-state index contributed by atoms with van der Waals surface area (Å²) in [6.45, 7) is 4.48. The summed E-state index contributed by atoms with van der Waals surface area (Å²) in [7, 11) is -1.25. The Kier molecular flexibility index (Phi) is 4.50. The second kappa shape index (κ2) is 5.46. The third kappa shape index (κ3) is 2.83. The first-order valence-corrected chi connectivity index (χ1v) is 7.14. The van der Waals surface area contributed by atoms with E-state index in [1.807, 2.05) is 26.1 Å². The molecule has 1 N–H and O–H groups in total. The predicted octanol–water partition coefficient (Wildman–Crippen LogP) is 1.80. The number of benzene rings is 1. The zero-order chi connectivity index (χ0) is 12.2. The van der Waals surface area contributed by atoms with Crippen LogP contribution in [-0.2, 0) is 9.84 Å². The van der Waals surface area contributed by atoms with Crippen LogP contribution in [0, 0.1) is 0 Å². The summed E-state index contributed by atoms with van der Waals surface area (Å²) in [5.74, 6) is 0.346. The van der Waals surface area contributed by atoms with Gasteiger partial charge in [0.25, 0.3) is 0 Å². The van der Waals surface area contributed by atoms with Gasteiger partial charge >= 0.3 is 0 Å². The fourth-order valence-electron chi connectivity index (χ4n) is 1.74. The molecule has 90 valence electrons. The summed E-state index contributed by atoms with van der Waals surface area (Å²) in [6, 6.07) is 7.25. The summed E-state index contributed by atoms with van der Waals surface area (Å²) in [5, 5.41) is 3.07. The smallest absolute Gasteiger partial charge is 0.178 e. The first-order valence-electron chi connectivity index (χ1n) is 5.49. The van der Waals surface area contributed by atoms with Crippen LogP contribution in [-0.4, -0.2) is 27.8 Å². The molecule has 0 aromatic heterocycles. The molecular formula is C12H19NO2S. The number of rotatable bonds is 5. The molecule has 0 aliphatic rings. The van der Waals surface area contributed by atoms with Crippen LogP contribution in [0.3, 0.4) is 0 Å². The van der Waals surface area contributed by atoms with E-state index in [2.05, 4.69) is 5.32 Å². The van der Waals surface area contributed by atoms with E-state index in [4.69, 9.17) is 0 Å². The van der Waals surface area contributed by atoms with Gasteiger partial charge in [-0.05, 0) is 24.6 Å². The molecule has 16 heavy (non-hydrogen) atoms. The second-order valence-electron chi connectivity index (χ2n) is 3.90. The van der Waals surface area contributed by atoms with Crippen molar-refractivity contribution in [3.05, 3.63) is 29.8 Å². The van der Waals surface area contributed by atoms with Gasteiger partial charge in [0.05, 0.1) is 10.6 Å². The van der Waals surface area contributed by atoms with Gasteiger partial charge in [-0.3, -0.25) is 0 Å². The molecule has 4 heteroatoms. The summed E-state index contributed by atoms with van der Waals surface area (Å²) < 4.78 is 23.8. The lowest BCUT2D eigenvalue weighted by molar-refractivity contribution is 0.592. The van der Waals surface area contributed by atoms with Crippen molar-refractivity contribution in [2.75, 3.05) is 19.3 Å². The summed E-state index contributed by atoms with van der Waals surface area (Å²) in [4.78, 5) is 0.472. The van der Waals surface area contributed by atoms with Gasteiger partial charge < -0.3 is 5.32 Å². The largest absolute Gasteiger partial charge is 0.319 e. The molecule has 0 amide bonds. The minimum atomic E-state index is -3.12. The number of sulfone groups is 1. The normalized spacial score (nSPS) is 13.7. The van der Waals surface area contributed by atoms with Crippen LogP contribution in [0.25, 0.3) is 0 Å². The highest BCUT2D eigenvalue weighted by atomic mass is 32.2. The molecular weight excluding hydrogens is 222 g/mol. The van der Waals surface area contributed by atoms with Crippen LogP contribution in [0.4, 0.5) is 0 Å². The minimum absolute atomic E-state index is 0.149. The lowest BCUT2D eigenvalue weighted by Crippen LogP contribution is -2.17. The van der Waals surface area contributed by atoms with Gasteiger partial charge in [-0.25, -0.2) is 8.42 Å². The van der Waals surface area contributed by atoms with E-state index < -0.39 is 9.84 Å². The molecule has 0 saturated carbocycles. The SMILES string of the molecule is CCS(=O)(=O)c1ccccc1C(C)CNC. The van der Waals surface area contributed by atoms with E-state index >= 15 is 0 Å². The number of hydrogen-bond donors (Lipinski definition) is 1. The van der Waals surface area contributed by atoms with Crippen LogP contribution in [0.2, 0.25) is 0 Å². The molecule has 0 heterocycles. The molecule has 1 aromatic carbocycles. The van der Waals surface area contributed by atoms with Gasteiger partial charge in [0.15, 0.2) is 9.84 Å².